The maximum Gasteiger partial charge on any atom is 0.338 e. The van der Waals surface area contributed by atoms with Crippen molar-refractivity contribution in [3.05, 3.63) is 75.7 Å². The van der Waals surface area contributed by atoms with E-state index in [1.54, 1.807) is 37.4 Å². The Balaban J connectivity index is 1.66. The summed E-state index contributed by atoms with van der Waals surface area (Å²) in [6, 6.07) is 9.51. The van der Waals surface area contributed by atoms with Crippen LogP contribution in [0.4, 0.5) is 5.69 Å². The van der Waals surface area contributed by atoms with E-state index in [2.05, 4.69) is 15.3 Å². The molecule has 2 heterocycles. The third-order valence-corrected chi connectivity index (χ3v) is 4.29. The number of nitrogens with one attached hydrogen (secondary N) is 2. The number of nitrogens with zero attached hydrogens (tertiary/aromatic N) is 2. The number of anilines is 1. The number of hydrogen-bond donors (Lipinski definition) is 2. The Labute approximate surface area is 165 Å². The summed E-state index contributed by atoms with van der Waals surface area (Å²) in [5.74, 6) is -1.20. The molecule has 3 rings (SSSR count). The molecule has 0 saturated heterocycles. The van der Waals surface area contributed by atoms with Crippen LogP contribution in [0.5, 0.6) is 0 Å². The minimum atomic E-state index is -1.04. The number of imidazole rings is 1. The van der Waals surface area contributed by atoms with Gasteiger partial charge in [-0.25, -0.2) is 14.6 Å². The number of benzene rings is 1. The average molecular weight is 401 g/mol. The fourth-order valence-corrected chi connectivity index (χ4v) is 2.69. The van der Waals surface area contributed by atoms with Crippen LogP contribution >= 0.6 is 11.6 Å². The van der Waals surface area contributed by atoms with Gasteiger partial charge in [0.15, 0.2) is 11.3 Å². The van der Waals surface area contributed by atoms with Crippen molar-refractivity contribution in [3.8, 4) is 5.69 Å². The van der Waals surface area contributed by atoms with Crippen molar-refractivity contribution >= 4 is 29.2 Å². The molecule has 1 amide bonds. The van der Waals surface area contributed by atoms with Crippen LogP contribution in [0.25, 0.3) is 5.69 Å². The van der Waals surface area contributed by atoms with E-state index in [4.69, 9.17) is 16.3 Å². The maximum absolute atomic E-state index is 12.3. The number of halogens is 1. The van der Waals surface area contributed by atoms with Crippen molar-refractivity contribution < 1.29 is 14.3 Å². The van der Waals surface area contributed by atoms with Crippen LogP contribution in [0.2, 0.25) is 5.15 Å². The largest absolute Gasteiger partial charge is 0.449 e. The number of pyridine rings is 1. The molecule has 1 aromatic carbocycles. The Morgan fingerprint density at radius 2 is 1.96 bits per heavy atom. The number of aromatic nitrogens is 3. The Bertz CT molecular complexity index is 1070. The van der Waals surface area contributed by atoms with E-state index < -0.39 is 18.0 Å². The van der Waals surface area contributed by atoms with Gasteiger partial charge in [-0.05, 0) is 50.2 Å². The lowest BCUT2D eigenvalue weighted by Crippen LogP contribution is -2.30. The number of ether oxygens (including phenoxy) is 1. The molecule has 0 aliphatic carbocycles. The number of aryl methyl sites for hydroxylation is 1. The molecule has 0 saturated carbocycles. The van der Waals surface area contributed by atoms with Crippen LogP contribution in [-0.2, 0) is 9.53 Å². The zero-order valence-corrected chi connectivity index (χ0v) is 15.9. The van der Waals surface area contributed by atoms with E-state index in [1.807, 2.05) is 0 Å². The first-order chi connectivity index (χ1) is 13.4. The van der Waals surface area contributed by atoms with E-state index in [9.17, 15) is 14.4 Å². The highest BCUT2D eigenvalue weighted by Crippen LogP contribution is 2.18. The van der Waals surface area contributed by atoms with Gasteiger partial charge >= 0.3 is 11.7 Å². The first kappa shape index (κ1) is 19.4. The Morgan fingerprint density at radius 3 is 2.57 bits per heavy atom. The van der Waals surface area contributed by atoms with Gasteiger partial charge < -0.3 is 15.0 Å². The molecule has 0 aliphatic rings. The molecule has 8 nitrogen and oxygen atoms in total. The van der Waals surface area contributed by atoms with Gasteiger partial charge in [0.25, 0.3) is 5.91 Å². The molecule has 0 aliphatic heterocycles. The summed E-state index contributed by atoms with van der Waals surface area (Å²) in [6.07, 6.45) is 2.05. The highest BCUT2D eigenvalue weighted by molar-refractivity contribution is 6.32. The van der Waals surface area contributed by atoms with E-state index in [-0.39, 0.29) is 16.4 Å². The Hall–Kier alpha value is -3.39. The molecule has 0 fully saturated rings. The lowest BCUT2D eigenvalue weighted by atomic mass is 10.2. The van der Waals surface area contributed by atoms with Gasteiger partial charge in [-0.15, -0.1) is 0 Å². The van der Waals surface area contributed by atoms with Crippen LogP contribution in [-0.4, -0.2) is 32.5 Å². The van der Waals surface area contributed by atoms with Crippen molar-refractivity contribution in [2.24, 2.45) is 0 Å². The first-order valence-electron chi connectivity index (χ1n) is 8.36. The van der Waals surface area contributed by atoms with Crippen molar-refractivity contribution in [2.45, 2.75) is 20.0 Å². The summed E-state index contributed by atoms with van der Waals surface area (Å²) in [4.78, 5) is 42.8. The standard InChI is InChI=1S/C19H17ClN4O4/c1-11-10-22-19(27)24(11)14-7-5-13(6-8-14)18(26)28-12(2)17(25)23-15-4-3-9-21-16(15)20/h3-10,12H,1-2H3,(H,22,27)(H,23,25). The minimum absolute atomic E-state index is 0.139. The summed E-state index contributed by atoms with van der Waals surface area (Å²) in [5, 5.41) is 2.69. The first-order valence-corrected chi connectivity index (χ1v) is 8.74. The van der Waals surface area contributed by atoms with Crippen molar-refractivity contribution in [1.29, 1.82) is 0 Å². The molecular weight excluding hydrogens is 384 g/mol. The molecule has 0 spiro atoms. The van der Waals surface area contributed by atoms with E-state index in [0.29, 0.717) is 11.4 Å². The molecule has 0 radical (unpaired) electrons. The van der Waals surface area contributed by atoms with Crippen molar-refractivity contribution in [2.75, 3.05) is 5.32 Å². The van der Waals surface area contributed by atoms with Gasteiger partial charge in [-0.2, -0.15) is 0 Å². The number of aromatic amines is 1. The fourth-order valence-electron chi connectivity index (χ4n) is 2.52. The number of esters is 1. The van der Waals surface area contributed by atoms with E-state index in [0.717, 1.165) is 5.69 Å². The highest BCUT2D eigenvalue weighted by Gasteiger charge is 2.20. The van der Waals surface area contributed by atoms with Crippen LogP contribution in [0.3, 0.4) is 0 Å². The minimum Gasteiger partial charge on any atom is -0.449 e. The molecule has 2 aromatic heterocycles. The van der Waals surface area contributed by atoms with Crippen LogP contribution in [0, 0.1) is 6.92 Å². The zero-order chi connectivity index (χ0) is 20.3. The second-order valence-electron chi connectivity index (χ2n) is 6.00. The Kier molecular flexibility index (Phi) is 5.60. The van der Waals surface area contributed by atoms with Crippen LogP contribution in [0.1, 0.15) is 23.0 Å². The number of carbonyl (C=O) groups is 2. The molecule has 1 unspecified atom stereocenters. The third-order valence-electron chi connectivity index (χ3n) is 3.99. The van der Waals surface area contributed by atoms with Gasteiger partial charge in [0.2, 0.25) is 0 Å². The normalized spacial score (nSPS) is 11.7. The number of carbonyl (C=O) groups excluding carboxylic acids is 2. The van der Waals surface area contributed by atoms with Crippen LogP contribution < -0.4 is 11.0 Å². The maximum atomic E-state index is 12.3. The SMILES string of the molecule is Cc1c[nH]c(=O)n1-c1ccc(C(=O)OC(C)C(=O)Nc2cccnc2Cl)cc1. The summed E-state index contributed by atoms with van der Waals surface area (Å²) in [5.41, 5.74) is 1.65. The smallest absolute Gasteiger partial charge is 0.338 e. The number of amides is 1. The van der Waals surface area contributed by atoms with Crippen molar-refractivity contribution in [1.82, 2.24) is 14.5 Å². The van der Waals surface area contributed by atoms with Crippen molar-refractivity contribution in [3.63, 3.8) is 0 Å². The predicted molar refractivity (Wildman–Crippen MR) is 104 cm³/mol. The zero-order valence-electron chi connectivity index (χ0n) is 15.1. The second kappa shape index (κ2) is 8.10. The molecular formula is C19H17ClN4O4. The third kappa shape index (κ3) is 4.12. The quantitative estimate of drug-likeness (QED) is 0.506. The molecule has 28 heavy (non-hydrogen) atoms. The predicted octanol–water partition coefficient (Wildman–Crippen LogP) is 2.71. The lowest BCUT2D eigenvalue weighted by molar-refractivity contribution is -0.123. The summed E-state index contributed by atoms with van der Waals surface area (Å²) in [7, 11) is 0. The lowest BCUT2D eigenvalue weighted by Gasteiger charge is -2.14. The molecule has 9 heteroatoms. The molecule has 1 atom stereocenters. The fraction of sp³-hybridized carbons (Fsp3) is 0.158. The summed E-state index contributed by atoms with van der Waals surface area (Å²) in [6.45, 7) is 3.24. The second-order valence-corrected chi connectivity index (χ2v) is 6.35. The topological polar surface area (TPSA) is 106 Å². The number of hydrogen-bond acceptors (Lipinski definition) is 5. The Morgan fingerprint density at radius 1 is 1.25 bits per heavy atom. The molecule has 3 aromatic rings. The molecule has 0 bridgehead atoms. The van der Waals surface area contributed by atoms with Gasteiger partial charge in [0.1, 0.15) is 0 Å². The van der Waals surface area contributed by atoms with E-state index >= 15 is 0 Å². The molecule has 144 valence electrons. The van der Waals surface area contributed by atoms with Gasteiger partial charge in [0, 0.05) is 18.1 Å². The van der Waals surface area contributed by atoms with Gasteiger partial charge in [-0.1, -0.05) is 11.6 Å². The van der Waals surface area contributed by atoms with Crippen LogP contribution in [0.15, 0.2) is 53.6 Å². The van der Waals surface area contributed by atoms with E-state index in [1.165, 1.54) is 29.8 Å². The molecule has 2 N–H and O–H groups in total. The summed E-state index contributed by atoms with van der Waals surface area (Å²) < 4.78 is 6.67. The van der Waals surface area contributed by atoms with Gasteiger partial charge in [0.05, 0.1) is 16.9 Å². The summed E-state index contributed by atoms with van der Waals surface area (Å²) >= 11 is 5.89. The number of H-pyrrole nitrogens is 1. The average Bonchev–Trinajstić information content (AvgIpc) is 3.02. The van der Waals surface area contributed by atoms with Gasteiger partial charge in [-0.3, -0.25) is 9.36 Å². The highest BCUT2D eigenvalue weighted by atomic mass is 35.5. The number of rotatable bonds is 5. The monoisotopic (exact) mass is 400 g/mol.